The molecule has 0 aliphatic heterocycles. The number of thiol groups is 1. The number of aryl methyl sites for hydroxylation is 1. The van der Waals surface area contributed by atoms with Gasteiger partial charge < -0.3 is 0 Å². The molecule has 1 aromatic rings. The molecule has 60 valence electrons. The summed E-state index contributed by atoms with van der Waals surface area (Å²) in [5.74, 6) is 0.560. The van der Waals surface area contributed by atoms with Crippen LogP contribution < -0.4 is 0 Å². The lowest BCUT2D eigenvalue weighted by molar-refractivity contribution is 0.596. The second kappa shape index (κ2) is 4.34. The summed E-state index contributed by atoms with van der Waals surface area (Å²) in [6.45, 7) is 0. The summed E-state index contributed by atoms with van der Waals surface area (Å²) < 4.78 is 12.8. The van der Waals surface area contributed by atoms with Gasteiger partial charge in [-0.25, -0.2) is 4.39 Å². The number of nitrogens with zero attached hydrogens (tertiary/aromatic N) is 1. The van der Waals surface area contributed by atoms with Crippen molar-refractivity contribution < 1.29 is 4.39 Å². The summed E-state index contributed by atoms with van der Waals surface area (Å²) in [4.78, 5) is 3.91. The van der Waals surface area contributed by atoms with E-state index in [0.717, 1.165) is 12.2 Å². The van der Waals surface area contributed by atoms with Gasteiger partial charge in [-0.3, -0.25) is 4.98 Å². The van der Waals surface area contributed by atoms with Gasteiger partial charge in [-0.1, -0.05) is 0 Å². The highest BCUT2D eigenvalue weighted by Gasteiger charge is 1.99. The van der Waals surface area contributed by atoms with Crippen LogP contribution in [-0.4, -0.2) is 10.7 Å². The van der Waals surface area contributed by atoms with Crippen LogP contribution in [0.2, 0.25) is 0 Å². The molecule has 0 bridgehead atoms. The normalized spacial score (nSPS) is 10.0. The minimum absolute atomic E-state index is 0.214. The summed E-state index contributed by atoms with van der Waals surface area (Å²) in [5, 5.41) is 0. The van der Waals surface area contributed by atoms with Gasteiger partial charge >= 0.3 is 0 Å². The predicted octanol–water partition coefficient (Wildman–Crippen LogP) is 2.08. The van der Waals surface area contributed by atoms with E-state index in [1.165, 1.54) is 6.07 Å². The molecule has 0 aliphatic carbocycles. The van der Waals surface area contributed by atoms with E-state index < -0.39 is 0 Å². The minimum atomic E-state index is -0.214. The fourth-order valence-electron chi connectivity index (χ4n) is 0.849. The Kier molecular flexibility index (Phi) is 3.36. The molecule has 1 aromatic heterocycles. The molecule has 1 rings (SSSR count). The summed E-state index contributed by atoms with van der Waals surface area (Å²) in [5.41, 5.74) is 0.543. The summed E-state index contributed by atoms with van der Waals surface area (Å²) >= 11 is 4.03. The zero-order chi connectivity index (χ0) is 8.10. The second-order valence-corrected chi connectivity index (χ2v) is 2.71. The van der Waals surface area contributed by atoms with E-state index in [1.807, 2.05) is 0 Å². The van der Waals surface area contributed by atoms with E-state index in [2.05, 4.69) is 17.6 Å². The molecule has 3 heteroatoms. The molecule has 0 atom stereocenters. The Labute approximate surface area is 71.1 Å². The third kappa shape index (κ3) is 2.50. The molecular weight excluding hydrogens is 161 g/mol. The highest BCUT2D eigenvalue weighted by atomic mass is 32.1. The average molecular weight is 171 g/mol. The summed E-state index contributed by atoms with van der Waals surface area (Å²) in [6, 6.07) is 3.03. The number of aromatic nitrogens is 1. The van der Waals surface area contributed by atoms with Crippen LogP contribution in [0.25, 0.3) is 0 Å². The van der Waals surface area contributed by atoms with Gasteiger partial charge in [0.05, 0.1) is 5.69 Å². The van der Waals surface area contributed by atoms with Crippen molar-refractivity contribution in [2.24, 2.45) is 0 Å². The lowest BCUT2D eigenvalue weighted by Crippen LogP contribution is -1.94. The molecule has 0 amide bonds. The molecule has 0 saturated carbocycles. The largest absolute Gasteiger partial charge is 0.258 e. The van der Waals surface area contributed by atoms with Crippen molar-refractivity contribution in [1.29, 1.82) is 0 Å². The third-order valence-corrected chi connectivity index (χ3v) is 1.72. The van der Waals surface area contributed by atoms with Gasteiger partial charge in [0.15, 0.2) is 0 Å². The number of pyridine rings is 1. The molecule has 1 heterocycles. The molecule has 1 nitrogen and oxygen atoms in total. The maximum absolute atomic E-state index is 12.8. The zero-order valence-electron chi connectivity index (χ0n) is 6.13. The Balaban J connectivity index is 2.62. The van der Waals surface area contributed by atoms with E-state index in [1.54, 1.807) is 12.3 Å². The lowest BCUT2D eigenvalue weighted by Gasteiger charge is -1.98. The molecule has 0 unspecified atom stereocenters. The smallest absolute Gasteiger partial charge is 0.144 e. The van der Waals surface area contributed by atoms with Crippen LogP contribution in [0.3, 0.4) is 0 Å². The summed E-state index contributed by atoms with van der Waals surface area (Å²) in [6.07, 6.45) is 3.16. The van der Waals surface area contributed by atoms with E-state index in [4.69, 9.17) is 0 Å². The van der Waals surface area contributed by atoms with E-state index in [0.29, 0.717) is 12.1 Å². The standard InChI is InChI=1S/C8H10FNS/c9-7-3-1-5-10-8(7)4-2-6-11/h1,3,5,11H,2,4,6H2. The van der Waals surface area contributed by atoms with Crippen LogP contribution in [0.1, 0.15) is 12.1 Å². The Bertz CT molecular complexity index is 227. The SMILES string of the molecule is Fc1cccnc1CCCS. The first-order chi connectivity index (χ1) is 5.34. The fourth-order valence-corrected chi connectivity index (χ4v) is 1.01. The molecule has 0 fully saturated rings. The van der Waals surface area contributed by atoms with Crippen molar-refractivity contribution in [2.75, 3.05) is 5.75 Å². The molecule has 0 aromatic carbocycles. The number of rotatable bonds is 3. The van der Waals surface area contributed by atoms with Crippen molar-refractivity contribution in [3.8, 4) is 0 Å². The summed E-state index contributed by atoms with van der Waals surface area (Å²) in [7, 11) is 0. The van der Waals surface area contributed by atoms with Crippen LogP contribution in [-0.2, 0) is 6.42 Å². The monoisotopic (exact) mass is 171 g/mol. The Morgan fingerprint density at radius 3 is 3.00 bits per heavy atom. The van der Waals surface area contributed by atoms with Gasteiger partial charge in [-0.05, 0) is 30.7 Å². The van der Waals surface area contributed by atoms with Gasteiger partial charge in [0.1, 0.15) is 5.82 Å². The first-order valence-corrected chi connectivity index (χ1v) is 4.18. The van der Waals surface area contributed by atoms with Crippen LogP contribution in [0.5, 0.6) is 0 Å². The minimum Gasteiger partial charge on any atom is -0.258 e. The molecule has 11 heavy (non-hydrogen) atoms. The van der Waals surface area contributed by atoms with Crippen LogP contribution in [0, 0.1) is 5.82 Å². The van der Waals surface area contributed by atoms with Crippen molar-refractivity contribution >= 4 is 12.6 Å². The quantitative estimate of drug-likeness (QED) is 0.687. The highest BCUT2D eigenvalue weighted by molar-refractivity contribution is 7.80. The molecule has 0 aliphatic rings. The van der Waals surface area contributed by atoms with E-state index in [-0.39, 0.29) is 5.82 Å². The Morgan fingerprint density at radius 2 is 2.36 bits per heavy atom. The Hall–Kier alpha value is -0.570. The third-order valence-electron chi connectivity index (χ3n) is 1.41. The van der Waals surface area contributed by atoms with Crippen molar-refractivity contribution in [3.05, 3.63) is 29.8 Å². The molecular formula is C8H10FNS. The maximum Gasteiger partial charge on any atom is 0.144 e. The van der Waals surface area contributed by atoms with Gasteiger partial charge in [-0.2, -0.15) is 12.6 Å². The molecule has 0 spiro atoms. The Morgan fingerprint density at radius 1 is 1.55 bits per heavy atom. The highest BCUT2D eigenvalue weighted by Crippen LogP contribution is 2.05. The predicted molar refractivity (Wildman–Crippen MR) is 46.4 cm³/mol. The average Bonchev–Trinajstić information content (AvgIpc) is 2.03. The maximum atomic E-state index is 12.8. The van der Waals surface area contributed by atoms with Crippen LogP contribution in [0.4, 0.5) is 4.39 Å². The number of halogens is 1. The number of hydrogen-bond acceptors (Lipinski definition) is 2. The first kappa shape index (κ1) is 8.53. The van der Waals surface area contributed by atoms with Crippen LogP contribution in [0.15, 0.2) is 18.3 Å². The topological polar surface area (TPSA) is 12.9 Å². The fraction of sp³-hybridized carbons (Fsp3) is 0.375. The van der Waals surface area contributed by atoms with Crippen LogP contribution >= 0.6 is 12.6 Å². The van der Waals surface area contributed by atoms with E-state index in [9.17, 15) is 4.39 Å². The first-order valence-electron chi connectivity index (χ1n) is 3.55. The van der Waals surface area contributed by atoms with Gasteiger partial charge in [0, 0.05) is 6.20 Å². The van der Waals surface area contributed by atoms with Gasteiger partial charge in [0.2, 0.25) is 0 Å². The zero-order valence-corrected chi connectivity index (χ0v) is 7.02. The van der Waals surface area contributed by atoms with Crippen molar-refractivity contribution in [1.82, 2.24) is 4.98 Å². The van der Waals surface area contributed by atoms with Gasteiger partial charge in [0.25, 0.3) is 0 Å². The molecule has 0 radical (unpaired) electrons. The van der Waals surface area contributed by atoms with Crippen molar-refractivity contribution in [2.45, 2.75) is 12.8 Å². The lowest BCUT2D eigenvalue weighted by atomic mass is 10.2. The van der Waals surface area contributed by atoms with Crippen molar-refractivity contribution in [3.63, 3.8) is 0 Å². The second-order valence-electron chi connectivity index (χ2n) is 2.26. The number of hydrogen-bond donors (Lipinski definition) is 1. The molecule has 0 N–H and O–H groups in total. The van der Waals surface area contributed by atoms with Gasteiger partial charge in [-0.15, -0.1) is 0 Å². The van der Waals surface area contributed by atoms with E-state index >= 15 is 0 Å². The molecule has 0 saturated heterocycles.